The van der Waals surface area contributed by atoms with Crippen molar-refractivity contribution in [2.75, 3.05) is 26.2 Å². The third-order valence-corrected chi connectivity index (χ3v) is 5.02. The number of rotatable bonds is 5. The highest BCUT2D eigenvalue weighted by Gasteiger charge is 2.24. The van der Waals surface area contributed by atoms with Crippen LogP contribution in [-0.2, 0) is 10.0 Å². The summed E-state index contributed by atoms with van der Waals surface area (Å²) in [6.45, 7) is 3.14. The SMILES string of the molecule is NCCN1CCC(NS(=O)(=O)c2ccc(F)cc2)CC1. The molecule has 1 aliphatic heterocycles. The van der Waals surface area contributed by atoms with Gasteiger partial charge in [-0.15, -0.1) is 0 Å². The second kappa shape index (κ2) is 6.62. The number of halogens is 1. The molecule has 0 saturated carbocycles. The molecule has 1 aromatic rings. The zero-order valence-electron chi connectivity index (χ0n) is 11.3. The van der Waals surface area contributed by atoms with Crippen molar-refractivity contribution < 1.29 is 12.8 Å². The lowest BCUT2D eigenvalue weighted by Crippen LogP contribution is -2.45. The molecule has 1 aromatic carbocycles. The van der Waals surface area contributed by atoms with E-state index < -0.39 is 15.8 Å². The number of piperidine rings is 1. The molecule has 1 saturated heterocycles. The summed E-state index contributed by atoms with van der Waals surface area (Å²) < 4.78 is 39.8. The van der Waals surface area contributed by atoms with Crippen molar-refractivity contribution in [2.45, 2.75) is 23.8 Å². The van der Waals surface area contributed by atoms with Gasteiger partial charge in [0, 0.05) is 19.1 Å². The van der Waals surface area contributed by atoms with Crippen molar-refractivity contribution in [3.63, 3.8) is 0 Å². The summed E-state index contributed by atoms with van der Waals surface area (Å²) >= 11 is 0. The summed E-state index contributed by atoms with van der Waals surface area (Å²) in [7, 11) is -3.57. The molecule has 0 spiro atoms. The Balaban J connectivity index is 1.94. The van der Waals surface area contributed by atoms with Crippen LogP contribution in [0.25, 0.3) is 0 Å². The molecule has 1 heterocycles. The lowest BCUT2D eigenvalue weighted by atomic mass is 10.1. The van der Waals surface area contributed by atoms with Gasteiger partial charge in [-0.1, -0.05) is 0 Å². The highest BCUT2D eigenvalue weighted by atomic mass is 32.2. The molecule has 7 heteroatoms. The van der Waals surface area contributed by atoms with E-state index in [2.05, 4.69) is 9.62 Å². The minimum atomic E-state index is -3.57. The Kier molecular flexibility index (Phi) is 5.09. The van der Waals surface area contributed by atoms with Crippen LogP contribution in [0, 0.1) is 5.82 Å². The molecule has 0 unspecified atom stereocenters. The first-order valence-electron chi connectivity index (χ1n) is 6.71. The minimum absolute atomic E-state index is 0.0703. The van der Waals surface area contributed by atoms with Crippen LogP contribution in [-0.4, -0.2) is 45.5 Å². The van der Waals surface area contributed by atoms with E-state index in [4.69, 9.17) is 5.73 Å². The number of likely N-dealkylation sites (tertiary alicyclic amines) is 1. The molecule has 0 aromatic heterocycles. The third kappa shape index (κ3) is 3.99. The van der Waals surface area contributed by atoms with Crippen LogP contribution in [0.3, 0.4) is 0 Å². The molecule has 3 N–H and O–H groups in total. The normalized spacial score (nSPS) is 18.3. The van der Waals surface area contributed by atoms with Crippen LogP contribution >= 0.6 is 0 Å². The molecule has 0 atom stereocenters. The van der Waals surface area contributed by atoms with Gasteiger partial charge in [-0.2, -0.15) is 0 Å². The van der Waals surface area contributed by atoms with Crippen molar-refractivity contribution in [3.05, 3.63) is 30.1 Å². The molecule has 0 aliphatic carbocycles. The zero-order chi connectivity index (χ0) is 14.6. The quantitative estimate of drug-likeness (QED) is 0.832. The summed E-state index contributed by atoms with van der Waals surface area (Å²) in [4.78, 5) is 2.33. The zero-order valence-corrected chi connectivity index (χ0v) is 12.1. The molecule has 2 rings (SSSR count). The summed E-state index contributed by atoms with van der Waals surface area (Å²) in [6, 6.07) is 4.79. The summed E-state index contributed by atoms with van der Waals surface area (Å²) in [5, 5.41) is 0. The fourth-order valence-electron chi connectivity index (χ4n) is 2.36. The molecular weight excluding hydrogens is 281 g/mol. The van der Waals surface area contributed by atoms with E-state index in [1.54, 1.807) is 0 Å². The van der Waals surface area contributed by atoms with Crippen LogP contribution in [0.15, 0.2) is 29.2 Å². The fraction of sp³-hybridized carbons (Fsp3) is 0.538. The van der Waals surface area contributed by atoms with Crippen molar-refractivity contribution in [1.29, 1.82) is 0 Å². The molecule has 1 fully saturated rings. The maximum absolute atomic E-state index is 12.8. The molecule has 20 heavy (non-hydrogen) atoms. The van der Waals surface area contributed by atoms with Crippen molar-refractivity contribution in [3.8, 4) is 0 Å². The highest BCUT2D eigenvalue weighted by Crippen LogP contribution is 2.15. The second-order valence-corrected chi connectivity index (χ2v) is 6.69. The van der Waals surface area contributed by atoms with Gasteiger partial charge in [-0.05, 0) is 50.2 Å². The first-order chi connectivity index (χ1) is 9.51. The monoisotopic (exact) mass is 301 g/mol. The van der Waals surface area contributed by atoms with Gasteiger partial charge in [0.2, 0.25) is 10.0 Å². The summed E-state index contributed by atoms with van der Waals surface area (Å²) in [5.74, 6) is -0.445. The molecule has 0 bridgehead atoms. The third-order valence-electron chi connectivity index (χ3n) is 3.48. The predicted molar refractivity (Wildman–Crippen MR) is 75.2 cm³/mol. The standard InChI is InChI=1S/C13H20FN3O2S/c14-11-1-3-13(4-2-11)20(18,19)16-12-5-8-17(9-6-12)10-7-15/h1-4,12,16H,5-10,15H2. The van der Waals surface area contributed by atoms with Crippen LogP contribution in [0.2, 0.25) is 0 Å². The Labute approximate surface area is 119 Å². The minimum Gasteiger partial charge on any atom is -0.329 e. The summed E-state index contributed by atoms with van der Waals surface area (Å²) in [5.41, 5.74) is 5.50. The molecular formula is C13H20FN3O2S. The maximum Gasteiger partial charge on any atom is 0.240 e. The molecule has 0 amide bonds. The van der Waals surface area contributed by atoms with E-state index in [0.29, 0.717) is 6.54 Å². The lowest BCUT2D eigenvalue weighted by Gasteiger charge is -2.31. The average Bonchev–Trinajstić information content (AvgIpc) is 2.41. The Morgan fingerprint density at radius 2 is 1.85 bits per heavy atom. The van der Waals surface area contributed by atoms with Crippen molar-refractivity contribution >= 4 is 10.0 Å². The Bertz CT molecular complexity index is 525. The molecule has 1 aliphatic rings. The molecule has 112 valence electrons. The van der Waals surface area contributed by atoms with Gasteiger partial charge >= 0.3 is 0 Å². The number of nitrogens with zero attached hydrogens (tertiary/aromatic N) is 1. The Morgan fingerprint density at radius 3 is 2.40 bits per heavy atom. The van der Waals surface area contributed by atoms with Crippen molar-refractivity contribution in [2.24, 2.45) is 5.73 Å². The van der Waals surface area contributed by atoms with Crippen LogP contribution in [0.4, 0.5) is 4.39 Å². The molecule has 5 nitrogen and oxygen atoms in total. The smallest absolute Gasteiger partial charge is 0.240 e. The Morgan fingerprint density at radius 1 is 1.25 bits per heavy atom. The van der Waals surface area contributed by atoms with E-state index in [0.717, 1.165) is 44.6 Å². The number of nitrogens with one attached hydrogen (secondary N) is 1. The number of hydrogen-bond acceptors (Lipinski definition) is 4. The van der Waals surface area contributed by atoms with Crippen LogP contribution in [0.5, 0.6) is 0 Å². The van der Waals surface area contributed by atoms with Crippen LogP contribution in [0.1, 0.15) is 12.8 Å². The van der Waals surface area contributed by atoms with E-state index in [1.165, 1.54) is 12.1 Å². The van der Waals surface area contributed by atoms with Gasteiger partial charge < -0.3 is 10.6 Å². The average molecular weight is 301 g/mol. The van der Waals surface area contributed by atoms with Crippen molar-refractivity contribution in [1.82, 2.24) is 9.62 Å². The molecule has 0 radical (unpaired) electrons. The van der Waals surface area contributed by atoms with E-state index in [1.807, 2.05) is 0 Å². The number of sulfonamides is 1. The van der Waals surface area contributed by atoms with Gasteiger partial charge in [0.1, 0.15) is 5.82 Å². The fourth-order valence-corrected chi connectivity index (χ4v) is 3.66. The van der Waals surface area contributed by atoms with E-state index in [9.17, 15) is 12.8 Å². The second-order valence-electron chi connectivity index (χ2n) is 4.98. The Hall–Kier alpha value is -1.02. The largest absolute Gasteiger partial charge is 0.329 e. The van der Waals surface area contributed by atoms with Crippen LogP contribution < -0.4 is 10.5 Å². The number of nitrogens with two attached hydrogens (primary N) is 1. The van der Waals surface area contributed by atoms with Gasteiger partial charge in [-0.25, -0.2) is 17.5 Å². The topological polar surface area (TPSA) is 75.4 Å². The lowest BCUT2D eigenvalue weighted by molar-refractivity contribution is 0.212. The van der Waals surface area contributed by atoms with Gasteiger partial charge in [0.05, 0.1) is 4.90 Å². The van der Waals surface area contributed by atoms with Gasteiger partial charge in [-0.3, -0.25) is 0 Å². The van der Waals surface area contributed by atoms with Gasteiger partial charge in [0.15, 0.2) is 0 Å². The summed E-state index contributed by atoms with van der Waals surface area (Å²) in [6.07, 6.45) is 1.53. The highest BCUT2D eigenvalue weighted by molar-refractivity contribution is 7.89. The number of hydrogen-bond donors (Lipinski definition) is 2. The van der Waals surface area contributed by atoms with Gasteiger partial charge in [0.25, 0.3) is 0 Å². The number of benzene rings is 1. The predicted octanol–water partition coefficient (Wildman–Crippen LogP) is 0.527. The van der Waals surface area contributed by atoms with E-state index >= 15 is 0 Å². The maximum atomic E-state index is 12.8. The first-order valence-corrected chi connectivity index (χ1v) is 8.20. The first kappa shape index (κ1) is 15.4. The van der Waals surface area contributed by atoms with E-state index in [-0.39, 0.29) is 10.9 Å².